The molecule has 2 N–H and O–H groups in total. The number of likely N-dealkylation sites (tertiary alicyclic amines) is 1. The molecule has 4 heteroatoms. The van der Waals surface area contributed by atoms with Crippen molar-refractivity contribution in [3.05, 3.63) is 29.3 Å². The molecular formula is C15H22N2O2. The summed E-state index contributed by atoms with van der Waals surface area (Å²) in [6, 6.07) is 6.12. The lowest BCUT2D eigenvalue weighted by atomic mass is 10.1. The maximum Gasteiger partial charge on any atom is 0.238 e. The van der Waals surface area contributed by atoms with Crippen molar-refractivity contribution in [2.24, 2.45) is 0 Å². The second kappa shape index (κ2) is 6.17. The van der Waals surface area contributed by atoms with Crippen LogP contribution in [0.2, 0.25) is 0 Å². The van der Waals surface area contributed by atoms with Crippen LogP contribution < -0.4 is 5.32 Å². The Morgan fingerprint density at radius 3 is 2.74 bits per heavy atom. The molecule has 4 nitrogen and oxygen atoms in total. The molecule has 1 heterocycles. The Balaban J connectivity index is 1.98. The van der Waals surface area contributed by atoms with Gasteiger partial charge in [0.15, 0.2) is 0 Å². The van der Waals surface area contributed by atoms with Gasteiger partial charge in [-0.1, -0.05) is 18.2 Å². The van der Waals surface area contributed by atoms with E-state index in [0.29, 0.717) is 6.54 Å². The van der Waals surface area contributed by atoms with Gasteiger partial charge in [0, 0.05) is 11.7 Å². The van der Waals surface area contributed by atoms with Gasteiger partial charge in [0.25, 0.3) is 0 Å². The van der Waals surface area contributed by atoms with E-state index in [1.165, 1.54) is 0 Å². The van der Waals surface area contributed by atoms with E-state index in [2.05, 4.69) is 10.2 Å². The van der Waals surface area contributed by atoms with E-state index < -0.39 is 0 Å². The summed E-state index contributed by atoms with van der Waals surface area (Å²) in [5.41, 5.74) is 3.06. The van der Waals surface area contributed by atoms with Crippen LogP contribution in [0.25, 0.3) is 0 Å². The summed E-state index contributed by atoms with van der Waals surface area (Å²) in [6.07, 6.45) is 2.04. The molecule has 1 aliphatic rings. The Morgan fingerprint density at radius 1 is 1.42 bits per heavy atom. The van der Waals surface area contributed by atoms with Gasteiger partial charge >= 0.3 is 0 Å². The fourth-order valence-corrected chi connectivity index (χ4v) is 2.69. The van der Waals surface area contributed by atoms with E-state index in [1.54, 1.807) is 0 Å². The minimum Gasteiger partial charge on any atom is -0.395 e. The number of aliphatic hydroxyl groups is 1. The molecule has 0 spiro atoms. The van der Waals surface area contributed by atoms with Gasteiger partial charge in [-0.15, -0.1) is 0 Å². The molecular weight excluding hydrogens is 240 g/mol. The highest BCUT2D eigenvalue weighted by atomic mass is 16.3. The van der Waals surface area contributed by atoms with Gasteiger partial charge < -0.3 is 10.4 Å². The zero-order valence-electron chi connectivity index (χ0n) is 11.6. The third-order valence-electron chi connectivity index (χ3n) is 3.80. The Morgan fingerprint density at radius 2 is 2.11 bits per heavy atom. The fourth-order valence-electron chi connectivity index (χ4n) is 2.69. The van der Waals surface area contributed by atoms with Crippen molar-refractivity contribution in [3.63, 3.8) is 0 Å². The molecule has 1 saturated heterocycles. The molecule has 1 aromatic rings. The Hall–Kier alpha value is -1.39. The predicted molar refractivity (Wildman–Crippen MR) is 76.2 cm³/mol. The van der Waals surface area contributed by atoms with Crippen LogP contribution in [-0.2, 0) is 4.79 Å². The summed E-state index contributed by atoms with van der Waals surface area (Å²) in [6.45, 7) is 5.38. The van der Waals surface area contributed by atoms with Gasteiger partial charge in [-0.2, -0.15) is 0 Å². The quantitative estimate of drug-likeness (QED) is 0.868. The lowest BCUT2D eigenvalue weighted by Gasteiger charge is -2.22. The molecule has 0 unspecified atom stereocenters. The third kappa shape index (κ3) is 3.33. The number of nitrogens with one attached hydrogen (secondary N) is 1. The smallest absolute Gasteiger partial charge is 0.238 e. The molecule has 1 aromatic carbocycles. The molecule has 1 amide bonds. The first kappa shape index (κ1) is 14.0. The van der Waals surface area contributed by atoms with Crippen LogP contribution in [-0.4, -0.2) is 41.7 Å². The molecule has 0 radical (unpaired) electrons. The number of rotatable bonds is 4. The standard InChI is InChI=1S/C15H22N2O2/c1-11-5-3-6-12(2)15(11)16-14(19)9-17-8-4-7-13(17)10-18/h3,5-6,13,18H,4,7-10H2,1-2H3,(H,16,19)/t13-/m1/s1. The number of aryl methyl sites for hydroxylation is 2. The average Bonchev–Trinajstić information content (AvgIpc) is 2.81. The molecule has 104 valence electrons. The number of anilines is 1. The first-order valence-electron chi connectivity index (χ1n) is 6.83. The zero-order valence-corrected chi connectivity index (χ0v) is 11.6. The predicted octanol–water partition coefficient (Wildman–Crippen LogP) is 1.70. The SMILES string of the molecule is Cc1cccc(C)c1NC(=O)CN1CCC[C@@H]1CO. The van der Waals surface area contributed by atoms with Gasteiger partial charge in [-0.05, 0) is 44.4 Å². The van der Waals surface area contributed by atoms with Crippen molar-refractivity contribution >= 4 is 11.6 Å². The first-order chi connectivity index (χ1) is 9.11. The van der Waals surface area contributed by atoms with Crippen LogP contribution in [0.5, 0.6) is 0 Å². The molecule has 0 saturated carbocycles. The largest absolute Gasteiger partial charge is 0.395 e. The fraction of sp³-hybridized carbons (Fsp3) is 0.533. The van der Waals surface area contributed by atoms with Gasteiger partial charge in [0.1, 0.15) is 0 Å². The number of benzene rings is 1. The molecule has 0 aromatic heterocycles. The number of hydrogen-bond donors (Lipinski definition) is 2. The average molecular weight is 262 g/mol. The van der Waals surface area contributed by atoms with Crippen molar-refractivity contribution in [2.45, 2.75) is 32.7 Å². The van der Waals surface area contributed by atoms with Crippen molar-refractivity contribution in [1.29, 1.82) is 0 Å². The van der Waals surface area contributed by atoms with Crippen LogP contribution >= 0.6 is 0 Å². The van der Waals surface area contributed by atoms with Crippen LogP contribution in [0.15, 0.2) is 18.2 Å². The number of para-hydroxylation sites is 1. The summed E-state index contributed by atoms with van der Waals surface area (Å²) in [4.78, 5) is 14.2. The van der Waals surface area contributed by atoms with Crippen molar-refractivity contribution in [1.82, 2.24) is 4.90 Å². The maximum atomic E-state index is 12.1. The lowest BCUT2D eigenvalue weighted by Crippen LogP contribution is -2.38. The molecule has 19 heavy (non-hydrogen) atoms. The van der Waals surface area contributed by atoms with Crippen molar-refractivity contribution < 1.29 is 9.90 Å². The summed E-state index contributed by atoms with van der Waals surface area (Å²) < 4.78 is 0. The highest BCUT2D eigenvalue weighted by Gasteiger charge is 2.25. The summed E-state index contributed by atoms with van der Waals surface area (Å²) >= 11 is 0. The van der Waals surface area contributed by atoms with E-state index in [-0.39, 0.29) is 18.6 Å². The Kier molecular flexibility index (Phi) is 4.56. The van der Waals surface area contributed by atoms with E-state index >= 15 is 0 Å². The van der Waals surface area contributed by atoms with E-state index in [1.807, 2.05) is 32.0 Å². The van der Waals surface area contributed by atoms with Crippen LogP contribution in [0.1, 0.15) is 24.0 Å². The minimum atomic E-state index is -0.00208. The van der Waals surface area contributed by atoms with Crippen molar-refractivity contribution in [3.8, 4) is 0 Å². The third-order valence-corrected chi connectivity index (χ3v) is 3.80. The second-order valence-electron chi connectivity index (χ2n) is 5.26. The number of carbonyl (C=O) groups is 1. The molecule has 1 atom stereocenters. The van der Waals surface area contributed by atoms with Crippen molar-refractivity contribution in [2.75, 3.05) is 25.0 Å². The Labute approximate surface area is 114 Å². The van der Waals surface area contributed by atoms with Crippen LogP contribution in [0, 0.1) is 13.8 Å². The lowest BCUT2D eigenvalue weighted by molar-refractivity contribution is -0.117. The summed E-state index contributed by atoms with van der Waals surface area (Å²) in [5, 5.41) is 12.2. The summed E-state index contributed by atoms with van der Waals surface area (Å²) in [7, 11) is 0. The zero-order chi connectivity index (χ0) is 13.8. The Bertz CT molecular complexity index is 439. The van der Waals surface area contributed by atoms with Gasteiger partial charge in [0.05, 0.1) is 13.2 Å². The maximum absolute atomic E-state index is 12.1. The molecule has 0 aliphatic carbocycles. The monoisotopic (exact) mass is 262 g/mol. The van der Waals surface area contributed by atoms with Crippen LogP contribution in [0.3, 0.4) is 0 Å². The summed E-state index contributed by atoms with van der Waals surface area (Å²) in [5.74, 6) is -0.00208. The topological polar surface area (TPSA) is 52.6 Å². The van der Waals surface area contributed by atoms with Gasteiger partial charge in [0.2, 0.25) is 5.91 Å². The normalized spacial score (nSPS) is 19.6. The second-order valence-corrected chi connectivity index (χ2v) is 5.26. The van der Waals surface area contributed by atoms with E-state index in [4.69, 9.17) is 0 Å². The van der Waals surface area contributed by atoms with Gasteiger partial charge in [-0.3, -0.25) is 9.69 Å². The number of hydrogen-bond acceptors (Lipinski definition) is 3. The minimum absolute atomic E-state index is 0.00208. The van der Waals surface area contributed by atoms with E-state index in [9.17, 15) is 9.90 Å². The van der Waals surface area contributed by atoms with Crippen LogP contribution in [0.4, 0.5) is 5.69 Å². The number of aliphatic hydroxyl groups excluding tert-OH is 1. The first-order valence-corrected chi connectivity index (χ1v) is 6.83. The molecule has 1 aliphatic heterocycles. The van der Waals surface area contributed by atoms with Gasteiger partial charge in [-0.25, -0.2) is 0 Å². The molecule has 2 rings (SSSR count). The molecule has 1 fully saturated rings. The number of amides is 1. The van der Waals surface area contributed by atoms with E-state index in [0.717, 1.165) is 36.2 Å². The number of carbonyl (C=O) groups excluding carboxylic acids is 1. The number of nitrogens with zero attached hydrogens (tertiary/aromatic N) is 1. The highest BCUT2D eigenvalue weighted by Crippen LogP contribution is 2.20. The highest BCUT2D eigenvalue weighted by molar-refractivity contribution is 5.93. The molecule has 0 bridgehead atoms.